The molecule has 1 aliphatic rings. The van der Waals surface area contributed by atoms with Gasteiger partial charge >= 0.3 is 0 Å². The monoisotopic (exact) mass is 273 g/mol. The van der Waals surface area contributed by atoms with Crippen LogP contribution in [0.1, 0.15) is 24.3 Å². The summed E-state index contributed by atoms with van der Waals surface area (Å²) in [4.78, 5) is 2.33. The third-order valence-corrected chi connectivity index (χ3v) is 3.59. The van der Waals surface area contributed by atoms with Crippen LogP contribution in [0, 0.1) is 6.92 Å². The lowest BCUT2D eigenvalue weighted by molar-refractivity contribution is 0.367. The van der Waals surface area contributed by atoms with Crippen LogP contribution in [0.2, 0.25) is 0 Å². The first-order valence-corrected chi connectivity index (χ1v) is 7.00. The number of hydrogen-bond acceptors (Lipinski definition) is 6. The van der Waals surface area contributed by atoms with Gasteiger partial charge in [0.25, 0.3) is 0 Å². The highest BCUT2D eigenvalue weighted by Crippen LogP contribution is 2.22. The van der Waals surface area contributed by atoms with E-state index in [0.717, 1.165) is 30.4 Å². The van der Waals surface area contributed by atoms with Gasteiger partial charge in [0.05, 0.1) is 12.2 Å². The molecule has 0 amide bonds. The van der Waals surface area contributed by atoms with Crippen LogP contribution in [-0.2, 0) is 6.54 Å². The summed E-state index contributed by atoms with van der Waals surface area (Å²) in [5, 5.41) is 15.5. The van der Waals surface area contributed by atoms with Gasteiger partial charge in [0.2, 0.25) is 0 Å². The molecule has 6 heteroatoms. The molecule has 1 saturated heterocycles. The molecule has 0 spiro atoms. The van der Waals surface area contributed by atoms with Gasteiger partial charge in [-0.1, -0.05) is 5.16 Å². The van der Waals surface area contributed by atoms with Crippen molar-refractivity contribution >= 4 is 5.82 Å². The van der Waals surface area contributed by atoms with Gasteiger partial charge in [-0.3, -0.25) is 0 Å². The second-order valence-corrected chi connectivity index (χ2v) is 5.14. The highest BCUT2D eigenvalue weighted by atomic mass is 16.5. The molecule has 1 fully saturated rings. The molecule has 6 nitrogen and oxygen atoms in total. The van der Waals surface area contributed by atoms with E-state index in [-0.39, 0.29) is 0 Å². The molecular formula is C14H19N5O. The van der Waals surface area contributed by atoms with Crippen molar-refractivity contribution in [2.75, 3.05) is 18.0 Å². The molecule has 0 saturated carbocycles. The Labute approximate surface area is 118 Å². The Balaban J connectivity index is 1.54. The van der Waals surface area contributed by atoms with Gasteiger partial charge in [-0.15, -0.1) is 5.10 Å². The Hall–Kier alpha value is -1.95. The van der Waals surface area contributed by atoms with E-state index in [2.05, 4.69) is 25.6 Å². The fraction of sp³-hybridized carbons (Fsp3) is 0.500. The fourth-order valence-electron chi connectivity index (χ4n) is 2.66. The molecule has 1 N–H and O–H groups in total. The van der Waals surface area contributed by atoms with Crippen LogP contribution in [0.3, 0.4) is 0 Å². The molecular weight excluding hydrogens is 254 g/mol. The predicted molar refractivity (Wildman–Crippen MR) is 75.3 cm³/mol. The van der Waals surface area contributed by atoms with E-state index < -0.39 is 0 Å². The lowest BCUT2D eigenvalue weighted by Crippen LogP contribution is -2.38. The first-order valence-electron chi connectivity index (χ1n) is 7.00. The number of aryl methyl sites for hydroxylation is 1. The number of rotatable bonds is 5. The van der Waals surface area contributed by atoms with Crippen molar-refractivity contribution < 1.29 is 4.52 Å². The number of nitrogens with zero attached hydrogens (tertiary/aromatic N) is 4. The van der Waals surface area contributed by atoms with Gasteiger partial charge in [-0.05, 0) is 31.9 Å². The maximum atomic E-state index is 5.19. The second-order valence-electron chi connectivity index (χ2n) is 5.14. The van der Waals surface area contributed by atoms with E-state index in [4.69, 9.17) is 4.52 Å². The van der Waals surface area contributed by atoms with Crippen molar-refractivity contribution in [2.45, 2.75) is 32.4 Å². The van der Waals surface area contributed by atoms with E-state index in [1.165, 1.54) is 12.8 Å². The number of aromatic nitrogens is 3. The van der Waals surface area contributed by atoms with E-state index in [1.807, 2.05) is 25.1 Å². The van der Waals surface area contributed by atoms with Gasteiger partial charge in [0.15, 0.2) is 11.6 Å². The first kappa shape index (κ1) is 13.1. The Bertz CT molecular complexity index is 542. The number of nitrogens with one attached hydrogen (secondary N) is 1. The molecule has 0 radical (unpaired) electrons. The summed E-state index contributed by atoms with van der Waals surface area (Å²) in [5.41, 5.74) is 0.920. The molecule has 0 aromatic carbocycles. The highest BCUT2D eigenvalue weighted by molar-refractivity contribution is 5.39. The smallest absolute Gasteiger partial charge is 0.151 e. The molecule has 3 heterocycles. The van der Waals surface area contributed by atoms with Crippen molar-refractivity contribution in [2.24, 2.45) is 0 Å². The van der Waals surface area contributed by atoms with Crippen LogP contribution >= 0.6 is 0 Å². The molecule has 1 unspecified atom stereocenters. The maximum Gasteiger partial charge on any atom is 0.151 e. The summed E-state index contributed by atoms with van der Waals surface area (Å²) >= 11 is 0. The minimum absolute atomic E-state index is 0.468. The first-order chi connectivity index (χ1) is 9.83. The normalized spacial score (nSPS) is 18.6. The van der Waals surface area contributed by atoms with Crippen LogP contribution in [0.4, 0.5) is 5.82 Å². The van der Waals surface area contributed by atoms with E-state index in [0.29, 0.717) is 12.6 Å². The lowest BCUT2D eigenvalue weighted by atomic mass is 10.2. The van der Waals surface area contributed by atoms with Gasteiger partial charge in [-0.25, -0.2) is 0 Å². The maximum absolute atomic E-state index is 5.19. The summed E-state index contributed by atoms with van der Waals surface area (Å²) in [6.45, 7) is 4.61. The minimum atomic E-state index is 0.468. The predicted octanol–water partition coefficient (Wildman–Crippen LogP) is 1.53. The van der Waals surface area contributed by atoms with Gasteiger partial charge in [0.1, 0.15) is 0 Å². The average molecular weight is 273 g/mol. The van der Waals surface area contributed by atoms with E-state index in [1.54, 1.807) is 6.20 Å². The summed E-state index contributed by atoms with van der Waals surface area (Å²) in [7, 11) is 0. The molecule has 2 aromatic rings. The van der Waals surface area contributed by atoms with Crippen LogP contribution in [0.5, 0.6) is 0 Å². The lowest BCUT2D eigenvalue weighted by Gasteiger charge is -2.25. The highest BCUT2D eigenvalue weighted by Gasteiger charge is 2.25. The minimum Gasteiger partial charge on any atom is -0.360 e. The molecule has 106 valence electrons. The molecule has 20 heavy (non-hydrogen) atoms. The van der Waals surface area contributed by atoms with Crippen molar-refractivity contribution in [1.82, 2.24) is 20.7 Å². The number of hydrogen-bond donors (Lipinski definition) is 1. The van der Waals surface area contributed by atoms with Crippen LogP contribution < -0.4 is 10.2 Å². The number of anilines is 1. The molecule has 1 atom stereocenters. The largest absolute Gasteiger partial charge is 0.360 e. The zero-order valence-electron chi connectivity index (χ0n) is 11.6. The molecule has 0 bridgehead atoms. The SMILES string of the molecule is Cc1cc(CNCC2CCCN2c2cccnn2)on1. The Morgan fingerprint density at radius 1 is 1.50 bits per heavy atom. The summed E-state index contributed by atoms with van der Waals surface area (Å²) in [6, 6.07) is 6.38. The van der Waals surface area contributed by atoms with Crippen LogP contribution in [-0.4, -0.2) is 34.5 Å². The van der Waals surface area contributed by atoms with E-state index >= 15 is 0 Å². The topological polar surface area (TPSA) is 67.1 Å². The third-order valence-electron chi connectivity index (χ3n) is 3.59. The van der Waals surface area contributed by atoms with Gasteiger partial charge < -0.3 is 14.7 Å². The Morgan fingerprint density at radius 3 is 3.20 bits per heavy atom. The van der Waals surface area contributed by atoms with Crippen molar-refractivity contribution in [3.05, 3.63) is 35.9 Å². The zero-order chi connectivity index (χ0) is 13.8. The Morgan fingerprint density at radius 2 is 2.45 bits per heavy atom. The van der Waals surface area contributed by atoms with Crippen molar-refractivity contribution in [3.63, 3.8) is 0 Å². The Kier molecular flexibility index (Phi) is 3.92. The van der Waals surface area contributed by atoms with Crippen molar-refractivity contribution in [1.29, 1.82) is 0 Å². The molecule has 1 aliphatic heterocycles. The second kappa shape index (κ2) is 6.00. The van der Waals surface area contributed by atoms with Gasteiger partial charge in [-0.2, -0.15) is 5.10 Å². The van der Waals surface area contributed by atoms with Crippen LogP contribution in [0.15, 0.2) is 28.9 Å². The van der Waals surface area contributed by atoms with E-state index in [9.17, 15) is 0 Å². The average Bonchev–Trinajstić information content (AvgIpc) is 3.09. The summed E-state index contributed by atoms with van der Waals surface area (Å²) < 4.78 is 5.19. The third kappa shape index (κ3) is 2.96. The quantitative estimate of drug-likeness (QED) is 0.891. The zero-order valence-corrected chi connectivity index (χ0v) is 11.6. The van der Waals surface area contributed by atoms with Crippen molar-refractivity contribution in [3.8, 4) is 0 Å². The molecule has 2 aromatic heterocycles. The summed E-state index contributed by atoms with van der Waals surface area (Å²) in [5.74, 6) is 1.85. The summed E-state index contributed by atoms with van der Waals surface area (Å²) in [6.07, 6.45) is 4.09. The fourth-order valence-corrected chi connectivity index (χ4v) is 2.66. The van der Waals surface area contributed by atoms with Gasteiger partial charge in [0, 0.05) is 31.4 Å². The van der Waals surface area contributed by atoms with Crippen LogP contribution in [0.25, 0.3) is 0 Å². The standard InChI is InChI=1S/C14H19N5O/c1-11-8-13(20-18-11)10-15-9-12-4-3-7-19(12)14-5-2-6-16-17-14/h2,5-6,8,12,15H,3-4,7,9-10H2,1H3. The molecule has 0 aliphatic carbocycles. The molecule has 3 rings (SSSR count).